The van der Waals surface area contributed by atoms with Gasteiger partial charge in [-0.1, -0.05) is 13.8 Å². The van der Waals surface area contributed by atoms with Gasteiger partial charge in [-0.2, -0.15) is 0 Å². The lowest BCUT2D eigenvalue weighted by atomic mass is 9.99. The van der Waals surface area contributed by atoms with E-state index in [4.69, 9.17) is 0 Å². The molecule has 14 heavy (non-hydrogen) atoms. The van der Waals surface area contributed by atoms with Crippen LogP contribution in [0.2, 0.25) is 0 Å². The molecule has 1 fully saturated rings. The highest BCUT2D eigenvalue weighted by atomic mass is 16.2. The molecular formula is C11H19NO2. The first kappa shape index (κ1) is 11.2. The van der Waals surface area contributed by atoms with E-state index in [9.17, 15) is 9.59 Å². The van der Waals surface area contributed by atoms with E-state index in [0.717, 1.165) is 0 Å². The Labute approximate surface area is 85.5 Å². The molecule has 0 unspecified atom stereocenters. The lowest BCUT2D eigenvalue weighted by Crippen LogP contribution is -2.46. The van der Waals surface area contributed by atoms with Gasteiger partial charge in [-0.05, 0) is 19.8 Å². The Bertz CT molecular complexity index is 256. The van der Waals surface area contributed by atoms with Gasteiger partial charge in [-0.25, -0.2) is 0 Å². The summed E-state index contributed by atoms with van der Waals surface area (Å²) in [5, 5.41) is 0. The van der Waals surface area contributed by atoms with Crippen molar-refractivity contribution in [3.05, 3.63) is 0 Å². The molecule has 1 rings (SSSR count). The van der Waals surface area contributed by atoms with E-state index >= 15 is 0 Å². The summed E-state index contributed by atoms with van der Waals surface area (Å²) in [5.41, 5.74) is -0.577. The monoisotopic (exact) mass is 197 g/mol. The predicted octanol–water partition coefficient (Wildman–Crippen LogP) is 1.61. The normalized spacial score (nSPS) is 20.6. The van der Waals surface area contributed by atoms with Crippen molar-refractivity contribution in [3.63, 3.8) is 0 Å². The maximum atomic E-state index is 11.8. The molecule has 0 spiro atoms. The second-order valence-corrected chi connectivity index (χ2v) is 4.88. The van der Waals surface area contributed by atoms with E-state index in [1.54, 1.807) is 4.90 Å². The largest absolute Gasteiger partial charge is 0.330 e. The minimum Gasteiger partial charge on any atom is -0.330 e. The van der Waals surface area contributed by atoms with Gasteiger partial charge in [-0.3, -0.25) is 9.59 Å². The highest BCUT2D eigenvalue weighted by molar-refractivity contribution is 5.95. The summed E-state index contributed by atoms with van der Waals surface area (Å²) >= 11 is 0. The third kappa shape index (κ3) is 1.97. The van der Waals surface area contributed by atoms with Gasteiger partial charge >= 0.3 is 0 Å². The average molecular weight is 197 g/mol. The van der Waals surface area contributed by atoms with Crippen LogP contribution < -0.4 is 0 Å². The van der Waals surface area contributed by atoms with Crippen LogP contribution in [0.4, 0.5) is 0 Å². The van der Waals surface area contributed by atoms with Gasteiger partial charge in [0, 0.05) is 19.4 Å². The van der Waals surface area contributed by atoms with Crippen LogP contribution in [0.3, 0.4) is 0 Å². The molecule has 0 aliphatic carbocycles. The molecule has 3 heteroatoms. The van der Waals surface area contributed by atoms with Crippen LogP contribution in [-0.2, 0) is 9.59 Å². The van der Waals surface area contributed by atoms with E-state index < -0.39 is 5.54 Å². The third-order valence-electron chi connectivity index (χ3n) is 2.80. The first-order chi connectivity index (χ1) is 6.35. The van der Waals surface area contributed by atoms with E-state index in [2.05, 4.69) is 0 Å². The van der Waals surface area contributed by atoms with Crippen molar-refractivity contribution in [1.82, 2.24) is 4.90 Å². The molecule has 3 nitrogen and oxygen atoms in total. The number of hydrogen-bond acceptors (Lipinski definition) is 2. The highest BCUT2D eigenvalue weighted by Crippen LogP contribution is 2.26. The van der Waals surface area contributed by atoms with Gasteiger partial charge in [-0.15, -0.1) is 0 Å². The second kappa shape index (κ2) is 3.71. The lowest BCUT2D eigenvalue weighted by molar-refractivity contribution is -0.139. The van der Waals surface area contributed by atoms with Crippen LogP contribution in [0.5, 0.6) is 0 Å². The van der Waals surface area contributed by atoms with Gasteiger partial charge in [0.05, 0.1) is 5.54 Å². The van der Waals surface area contributed by atoms with Crippen molar-refractivity contribution in [3.8, 4) is 0 Å². The summed E-state index contributed by atoms with van der Waals surface area (Å²) in [5.74, 6) is 0.638. The molecule has 0 aromatic heterocycles. The number of rotatable bonds is 2. The summed E-state index contributed by atoms with van der Waals surface area (Å²) in [6, 6.07) is 0. The van der Waals surface area contributed by atoms with Gasteiger partial charge in [0.1, 0.15) is 0 Å². The molecule has 0 N–H and O–H groups in total. The summed E-state index contributed by atoms with van der Waals surface area (Å²) in [6.45, 7) is 8.30. The number of amides is 1. The number of carbonyl (C=O) groups excluding carboxylic acids is 2. The van der Waals surface area contributed by atoms with Crippen LogP contribution in [0.15, 0.2) is 0 Å². The molecule has 0 aromatic carbocycles. The minimum atomic E-state index is -0.577. The molecular weight excluding hydrogens is 178 g/mol. The molecule has 1 amide bonds. The Kier molecular flexibility index (Phi) is 2.98. The molecule has 0 aromatic rings. The fraction of sp³-hybridized carbons (Fsp3) is 0.818. The number of Topliss-reactive ketones (excluding diaryl/α,β-unsaturated/α-hetero) is 1. The van der Waals surface area contributed by atoms with Crippen LogP contribution in [0.1, 0.15) is 40.5 Å². The number of nitrogens with zero attached hydrogens (tertiary/aromatic N) is 1. The van der Waals surface area contributed by atoms with Crippen LogP contribution in [-0.4, -0.2) is 28.7 Å². The topological polar surface area (TPSA) is 37.4 Å². The van der Waals surface area contributed by atoms with Crippen molar-refractivity contribution < 1.29 is 9.59 Å². The van der Waals surface area contributed by atoms with Crippen molar-refractivity contribution in [1.29, 1.82) is 0 Å². The molecule has 1 saturated heterocycles. The smallest absolute Gasteiger partial charge is 0.223 e. The Morgan fingerprint density at radius 2 is 2.07 bits per heavy atom. The summed E-state index contributed by atoms with van der Waals surface area (Å²) in [7, 11) is 0. The zero-order valence-corrected chi connectivity index (χ0v) is 9.46. The predicted molar refractivity (Wildman–Crippen MR) is 54.9 cm³/mol. The number of ketones is 1. The van der Waals surface area contributed by atoms with Gasteiger partial charge in [0.25, 0.3) is 0 Å². The fourth-order valence-corrected chi connectivity index (χ4v) is 1.85. The zero-order chi connectivity index (χ0) is 10.9. The first-order valence-electron chi connectivity index (χ1n) is 5.19. The Morgan fingerprint density at radius 1 is 1.50 bits per heavy atom. The Morgan fingerprint density at radius 3 is 2.43 bits per heavy atom. The molecule has 1 aliphatic rings. The molecule has 0 atom stereocenters. The minimum absolute atomic E-state index is 0.107. The fourth-order valence-electron chi connectivity index (χ4n) is 1.85. The summed E-state index contributed by atoms with van der Waals surface area (Å²) in [6.07, 6.45) is 1.05. The van der Waals surface area contributed by atoms with Crippen LogP contribution in [0.25, 0.3) is 0 Å². The maximum absolute atomic E-state index is 11.8. The van der Waals surface area contributed by atoms with Gasteiger partial charge < -0.3 is 4.90 Å². The average Bonchev–Trinajstić information content (AvgIpc) is 2.26. The number of likely N-dealkylation sites (tertiary alicyclic amines) is 1. The Hall–Kier alpha value is -0.860. The summed E-state index contributed by atoms with van der Waals surface area (Å²) in [4.78, 5) is 25.0. The lowest BCUT2D eigenvalue weighted by Gasteiger charge is -2.30. The summed E-state index contributed by atoms with van der Waals surface area (Å²) < 4.78 is 0. The SMILES string of the molecule is CC(C)CC(=O)N1CCC(=O)C1(C)C. The number of carbonyl (C=O) groups is 2. The van der Waals surface area contributed by atoms with Crippen molar-refractivity contribution >= 4 is 11.7 Å². The van der Waals surface area contributed by atoms with E-state index in [1.807, 2.05) is 27.7 Å². The molecule has 0 radical (unpaired) electrons. The van der Waals surface area contributed by atoms with Crippen LogP contribution in [0, 0.1) is 5.92 Å². The second-order valence-electron chi connectivity index (χ2n) is 4.88. The van der Waals surface area contributed by atoms with E-state index in [-0.39, 0.29) is 11.7 Å². The van der Waals surface area contributed by atoms with E-state index in [0.29, 0.717) is 25.3 Å². The van der Waals surface area contributed by atoms with Gasteiger partial charge in [0.15, 0.2) is 5.78 Å². The zero-order valence-electron chi connectivity index (χ0n) is 9.46. The molecule has 0 saturated carbocycles. The van der Waals surface area contributed by atoms with E-state index in [1.165, 1.54) is 0 Å². The standard InChI is InChI=1S/C11H19NO2/c1-8(2)7-10(14)12-6-5-9(13)11(12,3)4/h8H,5-7H2,1-4H3. The molecule has 0 bridgehead atoms. The third-order valence-corrected chi connectivity index (χ3v) is 2.80. The van der Waals surface area contributed by atoms with Crippen molar-refractivity contribution in [2.45, 2.75) is 46.1 Å². The number of hydrogen-bond donors (Lipinski definition) is 0. The quantitative estimate of drug-likeness (QED) is 0.674. The molecule has 80 valence electrons. The first-order valence-corrected chi connectivity index (χ1v) is 5.19. The molecule has 1 aliphatic heterocycles. The van der Waals surface area contributed by atoms with Crippen LogP contribution >= 0.6 is 0 Å². The van der Waals surface area contributed by atoms with Crippen molar-refractivity contribution in [2.24, 2.45) is 5.92 Å². The Balaban J connectivity index is 2.70. The maximum Gasteiger partial charge on any atom is 0.223 e. The highest BCUT2D eigenvalue weighted by Gasteiger charge is 2.42. The van der Waals surface area contributed by atoms with Gasteiger partial charge in [0.2, 0.25) is 5.91 Å². The van der Waals surface area contributed by atoms with Crippen molar-refractivity contribution in [2.75, 3.05) is 6.54 Å². The molecule has 1 heterocycles.